The third-order valence-corrected chi connectivity index (χ3v) is 5.80. The Bertz CT molecular complexity index is 1390. The minimum atomic E-state index is -1.00. The Hall–Kier alpha value is -4.26. The van der Waals surface area contributed by atoms with E-state index in [1.807, 2.05) is 19.9 Å². The van der Waals surface area contributed by atoms with E-state index >= 15 is 0 Å². The SMILES string of the molecule is CC(=O)Oc1cccc(C2/C(=C(/O)c3ccc(F)c(C)c3)C(=O)C(=O)N2c2cc(C)cc(C)c2)c1. The highest BCUT2D eigenvalue weighted by atomic mass is 19.1. The number of esters is 1. The molecule has 0 radical (unpaired) electrons. The summed E-state index contributed by atoms with van der Waals surface area (Å²) in [5, 5.41) is 11.2. The fraction of sp³-hybridized carbons (Fsp3) is 0.179. The van der Waals surface area contributed by atoms with Crippen molar-refractivity contribution >= 4 is 29.1 Å². The zero-order valence-electron chi connectivity index (χ0n) is 19.8. The lowest BCUT2D eigenvalue weighted by Gasteiger charge is -2.26. The lowest BCUT2D eigenvalue weighted by Crippen LogP contribution is -2.29. The minimum Gasteiger partial charge on any atom is -0.507 e. The van der Waals surface area contributed by atoms with Gasteiger partial charge in [0, 0.05) is 18.2 Å². The van der Waals surface area contributed by atoms with E-state index in [0.717, 1.165) is 11.1 Å². The van der Waals surface area contributed by atoms with Gasteiger partial charge >= 0.3 is 5.97 Å². The van der Waals surface area contributed by atoms with Crippen LogP contribution in [0.4, 0.5) is 10.1 Å². The number of nitrogens with zero attached hydrogens (tertiary/aromatic N) is 1. The summed E-state index contributed by atoms with van der Waals surface area (Å²) < 4.78 is 19.1. The van der Waals surface area contributed by atoms with Crippen LogP contribution in [0.1, 0.15) is 40.8 Å². The third kappa shape index (κ3) is 4.57. The normalized spacial score (nSPS) is 17.1. The molecule has 1 heterocycles. The van der Waals surface area contributed by atoms with Crippen LogP contribution in [0.3, 0.4) is 0 Å². The number of anilines is 1. The molecule has 1 amide bonds. The van der Waals surface area contributed by atoms with Gasteiger partial charge in [-0.3, -0.25) is 19.3 Å². The number of Topliss-reactive ketones (excluding diaryl/α,β-unsaturated/α-hetero) is 1. The zero-order valence-corrected chi connectivity index (χ0v) is 19.8. The monoisotopic (exact) mass is 473 g/mol. The van der Waals surface area contributed by atoms with Gasteiger partial charge in [0.15, 0.2) is 0 Å². The molecule has 0 aliphatic carbocycles. The van der Waals surface area contributed by atoms with Crippen LogP contribution in [0.5, 0.6) is 5.75 Å². The molecule has 3 aromatic carbocycles. The van der Waals surface area contributed by atoms with Crippen molar-refractivity contribution in [2.45, 2.75) is 33.7 Å². The van der Waals surface area contributed by atoms with Gasteiger partial charge in [0.05, 0.1) is 11.6 Å². The highest BCUT2D eigenvalue weighted by Gasteiger charge is 2.47. The molecule has 1 unspecified atom stereocenters. The molecular weight excluding hydrogens is 449 g/mol. The number of ether oxygens (including phenoxy) is 1. The average Bonchev–Trinajstić information content (AvgIpc) is 3.05. The number of aliphatic hydroxyl groups excluding tert-OH is 1. The molecule has 6 nitrogen and oxygen atoms in total. The summed E-state index contributed by atoms with van der Waals surface area (Å²) in [5.41, 5.74) is 3.09. The highest BCUT2D eigenvalue weighted by molar-refractivity contribution is 6.51. The van der Waals surface area contributed by atoms with Crippen molar-refractivity contribution in [2.24, 2.45) is 0 Å². The first kappa shape index (κ1) is 23.9. The van der Waals surface area contributed by atoms with E-state index in [-0.39, 0.29) is 22.4 Å². The number of hydrogen-bond donors (Lipinski definition) is 1. The van der Waals surface area contributed by atoms with Gasteiger partial charge in [-0.1, -0.05) is 18.2 Å². The predicted molar refractivity (Wildman–Crippen MR) is 130 cm³/mol. The van der Waals surface area contributed by atoms with E-state index in [1.54, 1.807) is 43.3 Å². The molecule has 0 bridgehead atoms. The number of carbonyl (C=O) groups excluding carboxylic acids is 3. The van der Waals surface area contributed by atoms with Gasteiger partial charge in [0.2, 0.25) is 0 Å². The lowest BCUT2D eigenvalue weighted by atomic mass is 9.94. The number of hydrogen-bond acceptors (Lipinski definition) is 5. The van der Waals surface area contributed by atoms with Crippen molar-refractivity contribution in [1.82, 2.24) is 0 Å². The second kappa shape index (κ2) is 9.18. The van der Waals surface area contributed by atoms with Crippen LogP contribution in [0.2, 0.25) is 0 Å². The summed E-state index contributed by atoms with van der Waals surface area (Å²) in [7, 11) is 0. The van der Waals surface area contributed by atoms with Crippen molar-refractivity contribution in [3.63, 3.8) is 0 Å². The molecule has 178 valence electrons. The number of carbonyl (C=O) groups is 3. The maximum Gasteiger partial charge on any atom is 0.308 e. The summed E-state index contributed by atoms with van der Waals surface area (Å²) in [6.45, 7) is 6.57. The van der Waals surface area contributed by atoms with Gasteiger partial charge in [0.25, 0.3) is 11.7 Å². The molecule has 0 aromatic heterocycles. The Kier molecular flexibility index (Phi) is 6.26. The van der Waals surface area contributed by atoms with Crippen molar-refractivity contribution in [1.29, 1.82) is 0 Å². The fourth-order valence-corrected chi connectivity index (χ4v) is 4.37. The molecule has 1 saturated heterocycles. The number of rotatable bonds is 4. The van der Waals surface area contributed by atoms with E-state index in [0.29, 0.717) is 11.3 Å². The standard InChI is InChI=1S/C28H24FNO5/c1-15-10-16(2)12-21(11-15)30-25(19-6-5-7-22(14-19)35-18(4)31)24(27(33)28(30)34)26(32)20-8-9-23(29)17(3)13-20/h5-14,25,32H,1-4H3/b26-24-. The summed E-state index contributed by atoms with van der Waals surface area (Å²) >= 11 is 0. The van der Waals surface area contributed by atoms with Crippen LogP contribution >= 0.6 is 0 Å². The summed E-state index contributed by atoms with van der Waals surface area (Å²) in [4.78, 5) is 39.5. The van der Waals surface area contributed by atoms with Gasteiger partial charge < -0.3 is 9.84 Å². The van der Waals surface area contributed by atoms with Crippen molar-refractivity contribution in [3.05, 3.63) is 99.9 Å². The maximum atomic E-state index is 13.9. The second-order valence-corrected chi connectivity index (χ2v) is 8.65. The molecule has 1 N–H and O–H groups in total. The van der Waals surface area contributed by atoms with Gasteiger partial charge in [-0.15, -0.1) is 0 Å². The molecule has 1 fully saturated rings. The Morgan fingerprint density at radius 1 is 0.971 bits per heavy atom. The van der Waals surface area contributed by atoms with Crippen LogP contribution in [-0.4, -0.2) is 22.8 Å². The van der Waals surface area contributed by atoms with Gasteiger partial charge in [-0.2, -0.15) is 0 Å². The molecule has 4 rings (SSSR count). The Morgan fingerprint density at radius 2 is 1.66 bits per heavy atom. The first-order chi connectivity index (χ1) is 16.6. The smallest absolute Gasteiger partial charge is 0.308 e. The van der Waals surface area contributed by atoms with Crippen LogP contribution in [0, 0.1) is 26.6 Å². The van der Waals surface area contributed by atoms with Crippen molar-refractivity contribution in [3.8, 4) is 5.75 Å². The quantitative estimate of drug-likeness (QED) is 0.183. The predicted octanol–water partition coefficient (Wildman–Crippen LogP) is 5.30. The van der Waals surface area contributed by atoms with Gasteiger partial charge in [-0.05, 0) is 85.5 Å². The summed E-state index contributed by atoms with van der Waals surface area (Å²) in [6.07, 6.45) is 0. The molecule has 1 aliphatic rings. The van der Waals surface area contributed by atoms with Crippen LogP contribution in [0.25, 0.3) is 5.76 Å². The second-order valence-electron chi connectivity index (χ2n) is 8.65. The summed E-state index contributed by atoms with van der Waals surface area (Å²) in [6, 6.07) is 14.9. The molecule has 0 saturated carbocycles. The zero-order chi connectivity index (χ0) is 25.4. The number of benzene rings is 3. The van der Waals surface area contributed by atoms with Gasteiger partial charge in [0.1, 0.15) is 17.3 Å². The van der Waals surface area contributed by atoms with E-state index in [1.165, 1.54) is 30.0 Å². The molecule has 35 heavy (non-hydrogen) atoms. The van der Waals surface area contributed by atoms with Crippen molar-refractivity contribution in [2.75, 3.05) is 4.90 Å². The summed E-state index contributed by atoms with van der Waals surface area (Å²) in [5.74, 6) is -2.83. The molecule has 1 atom stereocenters. The van der Waals surface area contributed by atoms with E-state index in [4.69, 9.17) is 4.74 Å². The topological polar surface area (TPSA) is 83.9 Å². The first-order valence-electron chi connectivity index (χ1n) is 11.0. The van der Waals surface area contributed by atoms with Crippen molar-refractivity contribution < 1.29 is 28.6 Å². The molecule has 3 aromatic rings. The van der Waals surface area contributed by atoms with E-state index in [9.17, 15) is 23.9 Å². The lowest BCUT2D eigenvalue weighted by molar-refractivity contribution is -0.132. The first-order valence-corrected chi connectivity index (χ1v) is 11.0. The van der Waals surface area contributed by atoms with E-state index in [2.05, 4.69) is 0 Å². The third-order valence-electron chi connectivity index (χ3n) is 5.80. The molecule has 1 aliphatic heterocycles. The number of ketones is 1. The number of aliphatic hydroxyl groups is 1. The molecule has 7 heteroatoms. The van der Waals surface area contributed by atoms with Crippen LogP contribution < -0.4 is 9.64 Å². The maximum absolute atomic E-state index is 13.9. The molecule has 0 spiro atoms. The Balaban J connectivity index is 1.97. The highest BCUT2D eigenvalue weighted by Crippen LogP contribution is 2.43. The number of halogens is 1. The van der Waals surface area contributed by atoms with Gasteiger partial charge in [-0.25, -0.2) is 4.39 Å². The largest absolute Gasteiger partial charge is 0.507 e. The van der Waals surface area contributed by atoms with Crippen LogP contribution in [-0.2, 0) is 14.4 Å². The van der Waals surface area contributed by atoms with E-state index < -0.39 is 35.3 Å². The number of aryl methyl sites for hydroxylation is 3. The Labute approximate surface area is 202 Å². The Morgan fingerprint density at radius 3 is 2.29 bits per heavy atom. The fourth-order valence-electron chi connectivity index (χ4n) is 4.37. The molecular formula is C28H24FNO5. The minimum absolute atomic E-state index is 0.139. The van der Waals surface area contributed by atoms with Crippen LogP contribution in [0.15, 0.2) is 66.2 Å². The average molecular weight is 474 g/mol. The number of amides is 1.